The topological polar surface area (TPSA) is 12.9 Å². The number of aromatic nitrogens is 1. The second-order valence-electron chi connectivity index (χ2n) is 2.45. The third-order valence-electron chi connectivity index (χ3n) is 1.53. The Balaban J connectivity index is 0.000000671. The van der Waals surface area contributed by atoms with Crippen molar-refractivity contribution in [1.82, 2.24) is 4.98 Å². The standard InChI is InChI=1S/C10H11N.C2H6/c1-4-9-7-11-6-5-10(9)8(2)3;1-2/h4-7H,1-2H2,3H3;1-2H3. The molecule has 0 aliphatic carbocycles. The van der Waals surface area contributed by atoms with Gasteiger partial charge in [-0.3, -0.25) is 4.98 Å². The summed E-state index contributed by atoms with van der Waals surface area (Å²) in [4.78, 5) is 3.99. The zero-order chi connectivity index (χ0) is 10.3. The Hall–Kier alpha value is -1.37. The molecule has 0 bridgehead atoms. The first kappa shape index (κ1) is 11.6. The van der Waals surface area contributed by atoms with Gasteiger partial charge in [-0.2, -0.15) is 0 Å². The first-order valence-electron chi connectivity index (χ1n) is 4.48. The number of hydrogen-bond donors (Lipinski definition) is 0. The fourth-order valence-electron chi connectivity index (χ4n) is 0.958. The normalized spacial score (nSPS) is 8.23. The first-order valence-corrected chi connectivity index (χ1v) is 4.48. The van der Waals surface area contributed by atoms with E-state index >= 15 is 0 Å². The molecular weight excluding hydrogens is 158 g/mol. The van der Waals surface area contributed by atoms with Gasteiger partial charge >= 0.3 is 0 Å². The number of rotatable bonds is 2. The predicted molar refractivity (Wildman–Crippen MR) is 60.4 cm³/mol. The zero-order valence-corrected chi connectivity index (χ0v) is 8.67. The van der Waals surface area contributed by atoms with Crippen molar-refractivity contribution < 1.29 is 0 Å². The lowest BCUT2D eigenvalue weighted by Gasteiger charge is -2.02. The van der Waals surface area contributed by atoms with Crippen molar-refractivity contribution in [2.75, 3.05) is 0 Å². The summed E-state index contributed by atoms with van der Waals surface area (Å²) < 4.78 is 0. The Morgan fingerprint density at radius 3 is 2.46 bits per heavy atom. The van der Waals surface area contributed by atoms with Gasteiger partial charge in [-0.25, -0.2) is 0 Å². The highest BCUT2D eigenvalue weighted by Gasteiger charge is 1.97. The van der Waals surface area contributed by atoms with Crippen molar-refractivity contribution in [3.63, 3.8) is 0 Å². The van der Waals surface area contributed by atoms with Crippen molar-refractivity contribution in [2.24, 2.45) is 0 Å². The van der Waals surface area contributed by atoms with Crippen LogP contribution >= 0.6 is 0 Å². The van der Waals surface area contributed by atoms with Crippen LogP contribution in [-0.4, -0.2) is 4.98 Å². The summed E-state index contributed by atoms with van der Waals surface area (Å²) in [5.74, 6) is 0. The fraction of sp³-hybridized carbons (Fsp3) is 0.250. The van der Waals surface area contributed by atoms with E-state index in [0.717, 1.165) is 16.7 Å². The van der Waals surface area contributed by atoms with E-state index in [0.29, 0.717) is 0 Å². The third kappa shape index (κ3) is 3.24. The highest BCUT2D eigenvalue weighted by Crippen LogP contribution is 2.16. The van der Waals surface area contributed by atoms with E-state index in [1.54, 1.807) is 18.5 Å². The van der Waals surface area contributed by atoms with Crippen LogP contribution in [0.25, 0.3) is 11.6 Å². The molecule has 1 heterocycles. The molecule has 0 saturated carbocycles. The Labute approximate surface area is 80.8 Å². The highest BCUT2D eigenvalue weighted by molar-refractivity contribution is 5.70. The van der Waals surface area contributed by atoms with Gasteiger partial charge in [-0.15, -0.1) is 0 Å². The molecule has 1 nitrogen and oxygen atoms in total. The van der Waals surface area contributed by atoms with Gasteiger partial charge in [0.1, 0.15) is 0 Å². The highest BCUT2D eigenvalue weighted by atomic mass is 14.6. The quantitative estimate of drug-likeness (QED) is 0.666. The smallest absolute Gasteiger partial charge is 0.0346 e. The largest absolute Gasteiger partial charge is 0.264 e. The molecule has 1 aromatic heterocycles. The van der Waals surface area contributed by atoms with Gasteiger partial charge in [0, 0.05) is 12.4 Å². The minimum atomic E-state index is 1.04. The van der Waals surface area contributed by atoms with Gasteiger partial charge in [0.25, 0.3) is 0 Å². The molecule has 1 heteroatoms. The van der Waals surface area contributed by atoms with Crippen molar-refractivity contribution in [2.45, 2.75) is 20.8 Å². The van der Waals surface area contributed by atoms with Crippen LogP contribution in [0.5, 0.6) is 0 Å². The van der Waals surface area contributed by atoms with Crippen molar-refractivity contribution in [3.8, 4) is 0 Å². The van der Waals surface area contributed by atoms with Crippen LogP contribution in [-0.2, 0) is 0 Å². The molecule has 70 valence electrons. The summed E-state index contributed by atoms with van der Waals surface area (Å²) in [5.41, 5.74) is 3.21. The van der Waals surface area contributed by atoms with Gasteiger partial charge in [0.05, 0.1) is 0 Å². The molecule has 0 unspecified atom stereocenters. The summed E-state index contributed by atoms with van der Waals surface area (Å²) in [6.07, 6.45) is 5.34. The number of nitrogens with zero attached hydrogens (tertiary/aromatic N) is 1. The van der Waals surface area contributed by atoms with Crippen molar-refractivity contribution >= 4 is 11.6 Å². The Morgan fingerprint density at radius 2 is 2.08 bits per heavy atom. The molecule has 0 amide bonds. The molecule has 0 radical (unpaired) electrons. The van der Waals surface area contributed by atoms with Gasteiger partial charge in [-0.05, 0) is 24.1 Å². The lowest BCUT2D eigenvalue weighted by molar-refractivity contribution is 1.30. The maximum Gasteiger partial charge on any atom is 0.0346 e. The van der Waals surface area contributed by atoms with Crippen molar-refractivity contribution in [1.29, 1.82) is 0 Å². The second kappa shape index (κ2) is 6.18. The van der Waals surface area contributed by atoms with Crippen LogP contribution in [0.3, 0.4) is 0 Å². The minimum absolute atomic E-state index is 1.04. The van der Waals surface area contributed by atoms with Crippen LogP contribution < -0.4 is 0 Å². The molecule has 0 N–H and O–H groups in total. The summed E-state index contributed by atoms with van der Waals surface area (Å²) in [6, 6.07) is 1.94. The summed E-state index contributed by atoms with van der Waals surface area (Å²) in [5, 5.41) is 0. The van der Waals surface area contributed by atoms with E-state index in [9.17, 15) is 0 Å². The molecule has 1 aromatic rings. The van der Waals surface area contributed by atoms with Gasteiger partial charge < -0.3 is 0 Å². The van der Waals surface area contributed by atoms with Crippen LogP contribution in [0, 0.1) is 0 Å². The van der Waals surface area contributed by atoms with Crippen LogP contribution in [0.4, 0.5) is 0 Å². The van der Waals surface area contributed by atoms with Gasteiger partial charge in [0.15, 0.2) is 0 Å². The SMILES string of the molecule is C=Cc1cnccc1C(=C)C.CC. The molecule has 0 fully saturated rings. The lowest BCUT2D eigenvalue weighted by atomic mass is 10.1. The third-order valence-corrected chi connectivity index (χ3v) is 1.53. The van der Waals surface area contributed by atoms with Gasteiger partial charge in [-0.1, -0.05) is 38.7 Å². The summed E-state index contributed by atoms with van der Waals surface area (Å²) in [6.45, 7) is 13.5. The molecule has 0 saturated heterocycles. The van der Waals surface area contributed by atoms with E-state index in [1.807, 2.05) is 26.8 Å². The second-order valence-corrected chi connectivity index (χ2v) is 2.45. The molecule has 0 aliphatic rings. The predicted octanol–water partition coefficient (Wildman–Crippen LogP) is 3.78. The molecule has 0 aromatic carbocycles. The zero-order valence-electron chi connectivity index (χ0n) is 8.67. The number of allylic oxidation sites excluding steroid dienone is 1. The fourth-order valence-corrected chi connectivity index (χ4v) is 0.958. The maximum absolute atomic E-state index is 3.99. The molecule has 0 aliphatic heterocycles. The maximum atomic E-state index is 3.99. The monoisotopic (exact) mass is 175 g/mol. The molecular formula is C12H17N. The van der Waals surface area contributed by atoms with Crippen molar-refractivity contribution in [3.05, 3.63) is 42.7 Å². The Morgan fingerprint density at radius 1 is 1.46 bits per heavy atom. The van der Waals surface area contributed by atoms with Crippen LogP contribution in [0.15, 0.2) is 31.6 Å². The number of hydrogen-bond acceptors (Lipinski definition) is 1. The molecule has 0 spiro atoms. The number of pyridine rings is 1. The lowest BCUT2D eigenvalue weighted by Crippen LogP contribution is -1.84. The van der Waals surface area contributed by atoms with E-state index in [-0.39, 0.29) is 0 Å². The average Bonchev–Trinajstić information content (AvgIpc) is 2.20. The average molecular weight is 175 g/mol. The van der Waals surface area contributed by atoms with Crippen LogP contribution in [0.2, 0.25) is 0 Å². The molecule has 1 rings (SSSR count). The van der Waals surface area contributed by atoms with E-state index in [1.165, 1.54) is 0 Å². The van der Waals surface area contributed by atoms with E-state index < -0.39 is 0 Å². The first-order chi connectivity index (χ1) is 6.25. The minimum Gasteiger partial charge on any atom is -0.264 e. The Kier molecular flexibility index (Phi) is 5.53. The summed E-state index contributed by atoms with van der Waals surface area (Å²) >= 11 is 0. The Bertz CT molecular complexity index is 287. The van der Waals surface area contributed by atoms with Gasteiger partial charge in [0.2, 0.25) is 0 Å². The summed E-state index contributed by atoms with van der Waals surface area (Å²) in [7, 11) is 0. The molecule has 0 atom stereocenters. The van der Waals surface area contributed by atoms with E-state index in [4.69, 9.17) is 0 Å². The molecule has 13 heavy (non-hydrogen) atoms. The van der Waals surface area contributed by atoms with Crippen LogP contribution in [0.1, 0.15) is 31.9 Å². The van der Waals surface area contributed by atoms with E-state index in [2.05, 4.69) is 18.1 Å².